The van der Waals surface area contributed by atoms with Crippen molar-refractivity contribution in [2.24, 2.45) is 35.4 Å². The fraction of sp³-hybridized carbons (Fsp3) is 0.619. The van der Waals surface area contributed by atoms with Gasteiger partial charge in [-0.05, 0) is 383 Å². The van der Waals surface area contributed by atoms with Crippen LogP contribution >= 0.6 is 0 Å². The zero-order valence-electron chi connectivity index (χ0n) is 166. The number of rotatable bonds is 24. The third kappa shape index (κ3) is 25.0. The van der Waals surface area contributed by atoms with Crippen LogP contribution in [0, 0.1) is 35.4 Å². The minimum absolute atomic E-state index is 0.0162. The van der Waals surface area contributed by atoms with Crippen molar-refractivity contribution in [2.75, 3.05) is 0 Å². The number of benzene rings is 6. The fourth-order valence-electron chi connectivity index (χ4n) is 16.8. The number of unbranched alkanes of at least 4 members (excludes halogenated alkanes) is 6. The monoisotopic (exact) mass is 1970 g/mol. The highest BCUT2D eigenvalue weighted by atomic mass is 16.5. The zero-order valence-corrected chi connectivity index (χ0v) is 78.1. The Balaban J connectivity index is 0.000000215. The molecule has 6 aliphatic heterocycles. The summed E-state index contributed by atoms with van der Waals surface area (Å²) in [5.74, 6) is -46.5. The van der Waals surface area contributed by atoms with Crippen LogP contribution in [0.5, 0.6) is 69.0 Å². The van der Waals surface area contributed by atoms with Crippen LogP contribution in [0.25, 0.3) is 0 Å². The van der Waals surface area contributed by atoms with E-state index in [1.54, 1.807) is 6.92 Å². The van der Waals surface area contributed by atoms with Gasteiger partial charge in [0.2, 0.25) is 0 Å². The molecule has 6 aromatic rings. The molecule has 0 saturated carbocycles. The minimum atomic E-state index is -4.17. The standard InChI is InChI=1S/6C21H30O2/c6*1-5-6-7-8-15-12-18(22)20-16-11-14(2)9-10-17(16)21(3,4)23-19(20)13-15/h6*11-13,16-17,22H,5-10H2,1-4H3/t6*16-,17-/m111111/s1/i2D3,3D3,4D3,8D2,9D2,10D2,11D,16D,17D;3D3,4D3,8D2,9D2,10D2,11D,16D,17D;2D3,3D3,4D3,8D2,10D2,11D,16D,17D;3D3,4D3,8D2,10D2,11D,16D,17D;2D3,3D3,4D3,8D2,9D2,16D;2D3,3D3,4D3,8D2,16D. The van der Waals surface area contributed by atoms with Gasteiger partial charge < -0.3 is 59.1 Å². The first kappa shape index (κ1) is 40.5. The molecule has 12 aliphatic rings. The first-order valence-corrected chi connectivity index (χ1v) is 46.1. The number of phenols is 6. The lowest BCUT2D eigenvalue weighted by Crippen LogP contribution is -2.45. The lowest BCUT2D eigenvalue weighted by Gasteiger charge is -2.46. The molecule has 0 amide bonds. The molecule has 0 saturated heterocycles. The van der Waals surface area contributed by atoms with E-state index in [1.807, 2.05) is 34.6 Å². The Morgan fingerprint density at radius 1 is 0.290 bits per heavy atom. The molecule has 0 aromatic heterocycles. The van der Waals surface area contributed by atoms with Crippen LogP contribution in [0.3, 0.4) is 0 Å². The van der Waals surface area contributed by atoms with E-state index in [-0.39, 0.29) is 101 Å². The second-order valence-corrected chi connectivity index (χ2v) is 34.8. The summed E-state index contributed by atoms with van der Waals surface area (Å²) in [5.41, 5.74) is -31.1. The Morgan fingerprint density at radius 2 is 0.543 bits per heavy atom. The Hall–Kier alpha value is -8.64. The van der Waals surface area contributed by atoms with Gasteiger partial charge in [-0.2, -0.15) is 0 Å². The third-order valence-corrected chi connectivity index (χ3v) is 23.6. The van der Waals surface area contributed by atoms with Gasteiger partial charge in [0, 0.05) is 219 Å². The topological polar surface area (TPSA) is 177 Å². The molecule has 6 aromatic carbocycles. The number of hydrogen-bond acceptors (Lipinski definition) is 12. The Bertz CT molecular complexity index is 9440. The molecule has 0 unspecified atom stereocenters. The van der Waals surface area contributed by atoms with Crippen LogP contribution in [-0.4, -0.2) is 64.2 Å². The molecule has 12 atom stereocenters. The molecule has 18 rings (SSSR count). The van der Waals surface area contributed by atoms with Crippen molar-refractivity contribution in [3.8, 4) is 69.0 Å². The van der Waals surface area contributed by atoms with Crippen LogP contribution < -0.4 is 28.4 Å². The summed E-state index contributed by atoms with van der Waals surface area (Å²) >= 11 is 0. The lowest BCUT2D eigenvalue weighted by atomic mass is 9.68. The van der Waals surface area contributed by atoms with Gasteiger partial charge in [-0.1, -0.05) is 188 Å². The number of phenolic OH excluding ortho intramolecular Hbond substituents is 6. The van der Waals surface area contributed by atoms with Crippen molar-refractivity contribution in [1.29, 1.82) is 0 Å². The average Bonchev–Trinajstić information content (AvgIpc) is 0.621. The van der Waals surface area contributed by atoms with Crippen molar-refractivity contribution in [3.63, 3.8) is 0 Å². The first-order valence-electron chi connectivity index (χ1n) is 90.1. The smallest absolute Gasteiger partial charge is 0.127 e. The molecule has 0 bridgehead atoms. The van der Waals surface area contributed by atoms with E-state index in [0.717, 1.165) is 85.8 Å². The van der Waals surface area contributed by atoms with Gasteiger partial charge in [0.1, 0.15) is 103 Å². The highest BCUT2D eigenvalue weighted by Gasteiger charge is 2.52. The molecule has 756 valence electrons. The third-order valence-electron chi connectivity index (χ3n) is 23.6. The maximum atomic E-state index is 11.1. The van der Waals surface area contributed by atoms with Gasteiger partial charge in [-0.3, -0.25) is 0 Å². The molecule has 0 spiro atoms. The van der Waals surface area contributed by atoms with Crippen LogP contribution in [0.4, 0.5) is 0 Å². The molecule has 138 heavy (non-hydrogen) atoms. The summed E-state index contributed by atoms with van der Waals surface area (Å²) in [6.07, 6.45) is -32.0. The quantitative estimate of drug-likeness (QED) is 0.0317. The minimum Gasteiger partial charge on any atom is -0.507 e. The summed E-state index contributed by atoms with van der Waals surface area (Å²) < 4.78 is 771. The van der Waals surface area contributed by atoms with Gasteiger partial charge in [0.05, 0.1) is 5.48 Å². The molecule has 12 heteroatoms. The highest BCUT2D eigenvalue weighted by Crippen LogP contribution is 2.61. The van der Waals surface area contributed by atoms with Crippen molar-refractivity contribution < 1.29 is 180 Å². The second kappa shape index (κ2) is 45.7. The Kier molecular flexibility index (Phi) is 13.4. The summed E-state index contributed by atoms with van der Waals surface area (Å²) in [6, 6.07) is 6.71. The van der Waals surface area contributed by atoms with E-state index < -0.39 is 459 Å². The van der Waals surface area contributed by atoms with Crippen LogP contribution in [-0.2, 0) is 38.2 Å². The molecular formula is C126H180O12. The lowest BCUT2D eigenvalue weighted by molar-refractivity contribution is 0.0104. The number of aryl methyl sites for hydroxylation is 6. The number of hydrogen-bond donors (Lipinski definition) is 6. The number of aromatic hydroxyl groups is 6. The van der Waals surface area contributed by atoms with Crippen LogP contribution in [0.15, 0.2) is 143 Å². The molecule has 12 nitrogen and oxygen atoms in total. The maximum Gasteiger partial charge on any atom is 0.127 e. The zero-order chi connectivity index (χ0) is 176. The van der Waals surface area contributed by atoms with Crippen molar-refractivity contribution in [3.05, 3.63) is 209 Å². The summed E-state index contributed by atoms with van der Waals surface area (Å²) in [6.45, 7) is -43.6. The van der Waals surface area contributed by atoms with E-state index in [0.29, 0.717) is 83.1 Å². The van der Waals surface area contributed by atoms with Crippen molar-refractivity contribution >= 4 is 0 Å². The molecule has 0 fully saturated rings. The van der Waals surface area contributed by atoms with Gasteiger partial charge >= 0.3 is 0 Å². The fourth-order valence-corrected chi connectivity index (χ4v) is 16.8. The normalized spacial score (nSPS) is 44.8. The average molecular weight is 1980 g/mol. The Labute approximate surface area is 957 Å². The molecule has 0 radical (unpaired) electrons. The highest BCUT2D eigenvalue weighted by molar-refractivity contribution is 5.60. The van der Waals surface area contributed by atoms with Crippen LogP contribution in [0.2, 0.25) is 0 Å². The molecule has 6 aliphatic carbocycles. The number of allylic oxidation sites excluding steroid dienone is 12. The van der Waals surface area contributed by atoms with E-state index in [9.17, 15) is 44.3 Å². The van der Waals surface area contributed by atoms with E-state index in [1.165, 1.54) is 6.92 Å². The van der Waals surface area contributed by atoms with E-state index in [2.05, 4.69) is 0 Å². The SMILES string of the molecule is [2H]C([2H])([2H])C1=C[C@@]2([2H])c3c(O)cc(C([2H])([2H])CCCC)cc3OC(C([2H])([2H])[2H])(C([2H])([2H])[2H])[C@@H]2CC1.[2H]C([2H])([2H])C1=C[C@@]2([2H])c3c(O)cc(C([2H])([2H])CCCC)cc3OC(C([2H])([2H])[2H])(C([2H])([2H])[2H])[C@@H]2CC1([2H])[2H].[2H]C1=C(C([2H])([2H])[2H])C([2H])([2H])C([2H])([2H])[C@@]2([2H])C(C([2H])([2H])[2H])(C([2H])([2H])[2H])Oc3cc(C([2H])([2H])CCCC)cc(O)c3[C@]12[2H].[2H]C1=C(C([2H])([2H])[2H])CC([2H])([2H])[C@@]2([2H])C(C([2H])([2H])[2H])(C([2H])([2H])[2H])Oc3cc(C([2H])([2H])CCCC)cc(O)c3[C@]12[2H].[2H]C1=C(C)C([2H])([2H])C([2H])([2H])[C@@]2([2H])C(C([2H])([2H])[2H])(C([2H])([2H])[2H])Oc3cc(C([2H])([2H])CCCC)cc(O)c3[C@]12[2H].[2H]C1=C(C)CC([2H])([2H])[C@@]2([2H])C(C([2H])([2H])[2H])(C([2H])([2H])[2H])Oc3cc(C([2H])([2H])CCCC)cc(O)c3[C@]12[2H]. The summed E-state index contributed by atoms with van der Waals surface area (Å²) in [4.78, 5) is 0. The van der Waals surface area contributed by atoms with Crippen molar-refractivity contribution in [1.82, 2.24) is 0 Å². The summed E-state index contributed by atoms with van der Waals surface area (Å²) in [7, 11) is 0. The first-order chi connectivity index (χ1) is 100. The number of ether oxygens (including phenoxy) is 6. The van der Waals surface area contributed by atoms with Gasteiger partial charge in [0.25, 0.3) is 0 Å². The predicted molar refractivity (Wildman–Crippen MR) is 572 cm³/mol. The molecular weight excluding hydrogens is 1710 g/mol. The molecule has 6 N–H and O–H groups in total. The van der Waals surface area contributed by atoms with E-state index in [4.69, 9.17) is 135 Å². The molecule has 6 heterocycles. The second-order valence-electron chi connectivity index (χ2n) is 34.8. The Morgan fingerprint density at radius 3 is 0.848 bits per heavy atom. The van der Waals surface area contributed by atoms with Gasteiger partial charge in [0.15, 0.2) is 0 Å². The van der Waals surface area contributed by atoms with E-state index >= 15 is 0 Å². The largest absolute Gasteiger partial charge is 0.507 e. The summed E-state index contributed by atoms with van der Waals surface area (Å²) in [5, 5.41) is 66.3. The van der Waals surface area contributed by atoms with Gasteiger partial charge in [-0.25, -0.2) is 0 Å². The van der Waals surface area contributed by atoms with Crippen LogP contribution in [0.1, 0.15) is 580 Å². The van der Waals surface area contributed by atoms with Crippen molar-refractivity contribution in [2.45, 2.75) is 465 Å². The maximum absolute atomic E-state index is 11.1. The van der Waals surface area contributed by atoms with Gasteiger partial charge in [-0.15, -0.1) is 0 Å². The number of fused-ring (bicyclic) bond motifs is 18. The predicted octanol–water partition coefficient (Wildman–Crippen LogP) is 34.4.